The average molecular weight is 451 g/mol. The molecule has 3 aromatic rings. The second-order valence-electron chi connectivity index (χ2n) is 8.65. The molecule has 1 atom stereocenters. The van der Waals surface area contributed by atoms with E-state index in [2.05, 4.69) is 54.4 Å². The van der Waals surface area contributed by atoms with Gasteiger partial charge in [0.05, 0.1) is 0 Å². The molecule has 5 nitrogen and oxygen atoms in total. The van der Waals surface area contributed by atoms with E-state index < -0.39 is 0 Å². The Bertz CT molecular complexity index is 1140. The zero-order chi connectivity index (χ0) is 22.1. The summed E-state index contributed by atoms with van der Waals surface area (Å²) in [6.45, 7) is 2.29. The molecule has 0 bridgehead atoms. The number of halogens is 1. The number of fused-ring (bicyclic) bond motifs is 2. The highest BCUT2D eigenvalue weighted by Gasteiger charge is 2.26. The van der Waals surface area contributed by atoms with E-state index in [1.165, 1.54) is 16.3 Å². The number of carbonyl (C=O) groups excluding carboxylic acids is 1. The molecule has 1 saturated heterocycles. The third-order valence-electron chi connectivity index (χ3n) is 6.60. The van der Waals surface area contributed by atoms with Gasteiger partial charge in [-0.3, -0.25) is 9.69 Å². The van der Waals surface area contributed by atoms with Gasteiger partial charge in [-0.05, 0) is 47.9 Å². The van der Waals surface area contributed by atoms with Crippen LogP contribution in [0.5, 0.6) is 11.5 Å². The normalized spacial score (nSPS) is 18.4. The first-order valence-corrected chi connectivity index (χ1v) is 11.5. The maximum Gasteiger partial charge on any atom is 0.231 e. The molecule has 166 valence electrons. The van der Waals surface area contributed by atoms with Crippen molar-refractivity contribution in [3.63, 3.8) is 0 Å². The number of hydrogen-bond donors (Lipinski definition) is 0. The lowest BCUT2D eigenvalue weighted by Gasteiger charge is -2.28. The third-order valence-corrected chi connectivity index (χ3v) is 6.95. The molecule has 0 spiro atoms. The lowest BCUT2D eigenvalue weighted by atomic mass is 10.0. The first-order valence-electron chi connectivity index (χ1n) is 11.1. The highest BCUT2D eigenvalue weighted by molar-refractivity contribution is 6.31. The maximum atomic E-state index is 12.9. The Kier molecular flexibility index (Phi) is 5.94. The number of nitrogens with zero attached hydrogens (tertiary/aromatic N) is 2. The Labute approximate surface area is 193 Å². The van der Waals surface area contributed by atoms with Crippen LogP contribution in [-0.4, -0.2) is 42.1 Å². The standard InChI is InChI=1S/C26H27ClN2O3/c1-28(15-19-7-4-6-18-5-2-3-8-22(18)19)21-9-10-26(30)29(12-11-21)16-20-13-24-25(14-23(20)27)32-17-31-24/h2-8,13-14,21H,9-12,15-17H2,1H3/t21-/m0/s1. The molecule has 2 aliphatic rings. The number of benzene rings is 3. The van der Waals surface area contributed by atoms with Gasteiger partial charge in [0.25, 0.3) is 0 Å². The van der Waals surface area contributed by atoms with Crippen molar-refractivity contribution in [3.05, 3.63) is 70.7 Å². The number of rotatable bonds is 5. The molecule has 0 aromatic heterocycles. The van der Waals surface area contributed by atoms with Crippen molar-refractivity contribution in [1.82, 2.24) is 9.80 Å². The van der Waals surface area contributed by atoms with Gasteiger partial charge >= 0.3 is 0 Å². The molecule has 5 rings (SSSR count). The number of carbonyl (C=O) groups is 1. The van der Waals surface area contributed by atoms with Gasteiger partial charge in [0.15, 0.2) is 11.5 Å². The molecule has 6 heteroatoms. The Hall–Kier alpha value is -2.76. The van der Waals surface area contributed by atoms with Gasteiger partial charge in [0.1, 0.15) is 0 Å². The van der Waals surface area contributed by atoms with Crippen LogP contribution >= 0.6 is 11.6 Å². The summed E-state index contributed by atoms with van der Waals surface area (Å²) in [6, 6.07) is 19.0. The largest absolute Gasteiger partial charge is 0.454 e. The SMILES string of the molecule is CN(Cc1cccc2ccccc12)[C@H]1CCC(=O)N(Cc2cc3c(cc2Cl)OCO3)CC1. The predicted octanol–water partition coefficient (Wildman–Crippen LogP) is 5.24. The number of hydrogen-bond acceptors (Lipinski definition) is 4. The van der Waals surface area contributed by atoms with Gasteiger partial charge in [-0.1, -0.05) is 54.1 Å². The van der Waals surface area contributed by atoms with E-state index in [4.69, 9.17) is 21.1 Å². The molecule has 3 aromatic carbocycles. The van der Waals surface area contributed by atoms with Gasteiger partial charge in [-0.15, -0.1) is 0 Å². The van der Waals surface area contributed by atoms with Crippen LogP contribution in [-0.2, 0) is 17.9 Å². The fourth-order valence-corrected chi connectivity index (χ4v) is 4.96. The second kappa shape index (κ2) is 9.00. The predicted molar refractivity (Wildman–Crippen MR) is 126 cm³/mol. The Balaban J connectivity index is 1.26. The topological polar surface area (TPSA) is 42.0 Å². The first-order chi connectivity index (χ1) is 15.6. The summed E-state index contributed by atoms with van der Waals surface area (Å²) in [7, 11) is 2.17. The van der Waals surface area contributed by atoms with Gasteiger partial charge in [-0.25, -0.2) is 0 Å². The highest BCUT2D eigenvalue weighted by atomic mass is 35.5. The van der Waals surface area contributed by atoms with E-state index in [0.29, 0.717) is 42.1 Å². The number of amides is 1. The fourth-order valence-electron chi connectivity index (χ4n) is 4.74. The van der Waals surface area contributed by atoms with E-state index in [-0.39, 0.29) is 12.7 Å². The minimum absolute atomic E-state index is 0.180. The van der Waals surface area contributed by atoms with E-state index in [9.17, 15) is 4.79 Å². The molecular formula is C26H27ClN2O3. The second-order valence-corrected chi connectivity index (χ2v) is 9.05. The average Bonchev–Trinajstić information content (AvgIpc) is 3.16. The van der Waals surface area contributed by atoms with Crippen LogP contribution in [0.4, 0.5) is 0 Å². The molecule has 0 aliphatic carbocycles. The van der Waals surface area contributed by atoms with E-state index in [1.54, 1.807) is 6.07 Å². The zero-order valence-corrected chi connectivity index (χ0v) is 19.0. The molecule has 0 unspecified atom stereocenters. The molecule has 2 heterocycles. The summed E-state index contributed by atoms with van der Waals surface area (Å²) in [6.07, 6.45) is 2.35. The van der Waals surface area contributed by atoms with Crippen LogP contribution < -0.4 is 9.47 Å². The minimum atomic E-state index is 0.180. The molecule has 0 N–H and O–H groups in total. The van der Waals surface area contributed by atoms with Gasteiger partial charge in [-0.2, -0.15) is 0 Å². The monoisotopic (exact) mass is 450 g/mol. The van der Waals surface area contributed by atoms with E-state index in [0.717, 1.165) is 24.9 Å². The van der Waals surface area contributed by atoms with Crippen LogP contribution in [0.25, 0.3) is 10.8 Å². The van der Waals surface area contributed by atoms with Crippen molar-refractivity contribution in [3.8, 4) is 11.5 Å². The number of likely N-dealkylation sites (tertiary alicyclic amines) is 1. The molecule has 1 fully saturated rings. The maximum absolute atomic E-state index is 12.9. The van der Waals surface area contributed by atoms with E-state index >= 15 is 0 Å². The quantitative estimate of drug-likeness (QED) is 0.533. The highest BCUT2D eigenvalue weighted by Crippen LogP contribution is 2.37. The van der Waals surface area contributed by atoms with Crippen LogP contribution in [0.1, 0.15) is 30.4 Å². The summed E-state index contributed by atoms with van der Waals surface area (Å²) >= 11 is 6.45. The summed E-state index contributed by atoms with van der Waals surface area (Å²) in [5, 5.41) is 3.17. The van der Waals surface area contributed by atoms with Crippen LogP contribution in [0.15, 0.2) is 54.6 Å². The Morgan fingerprint density at radius 3 is 2.69 bits per heavy atom. The van der Waals surface area contributed by atoms with Crippen LogP contribution in [0.3, 0.4) is 0 Å². The van der Waals surface area contributed by atoms with Gasteiger partial charge < -0.3 is 14.4 Å². The summed E-state index contributed by atoms with van der Waals surface area (Å²) in [5.74, 6) is 1.54. The fraction of sp³-hybridized carbons (Fsp3) is 0.346. The van der Waals surface area contributed by atoms with Crippen molar-refractivity contribution in [2.75, 3.05) is 20.4 Å². The minimum Gasteiger partial charge on any atom is -0.454 e. The Morgan fingerprint density at radius 1 is 1.03 bits per heavy atom. The summed E-state index contributed by atoms with van der Waals surface area (Å²) in [5.41, 5.74) is 2.22. The molecule has 1 amide bonds. The first kappa shape index (κ1) is 21.1. The van der Waals surface area contributed by atoms with E-state index in [1.807, 2.05) is 11.0 Å². The molecular weight excluding hydrogens is 424 g/mol. The third kappa shape index (κ3) is 4.27. The van der Waals surface area contributed by atoms with Crippen LogP contribution in [0, 0.1) is 0 Å². The summed E-state index contributed by atoms with van der Waals surface area (Å²) < 4.78 is 10.9. The summed E-state index contributed by atoms with van der Waals surface area (Å²) in [4.78, 5) is 17.2. The van der Waals surface area contributed by atoms with Crippen molar-refractivity contribution in [2.45, 2.75) is 38.4 Å². The van der Waals surface area contributed by atoms with Crippen molar-refractivity contribution >= 4 is 28.3 Å². The van der Waals surface area contributed by atoms with Crippen molar-refractivity contribution in [1.29, 1.82) is 0 Å². The zero-order valence-electron chi connectivity index (χ0n) is 18.2. The van der Waals surface area contributed by atoms with Crippen LogP contribution in [0.2, 0.25) is 5.02 Å². The smallest absolute Gasteiger partial charge is 0.231 e. The lowest BCUT2D eigenvalue weighted by Crippen LogP contribution is -2.33. The Morgan fingerprint density at radius 2 is 1.81 bits per heavy atom. The van der Waals surface area contributed by atoms with Crippen molar-refractivity contribution in [2.24, 2.45) is 0 Å². The lowest BCUT2D eigenvalue weighted by molar-refractivity contribution is -0.131. The molecule has 0 saturated carbocycles. The van der Waals surface area contributed by atoms with Gasteiger partial charge in [0, 0.05) is 43.2 Å². The van der Waals surface area contributed by atoms with Gasteiger partial charge in [0.2, 0.25) is 12.7 Å². The van der Waals surface area contributed by atoms with Crippen molar-refractivity contribution < 1.29 is 14.3 Å². The molecule has 32 heavy (non-hydrogen) atoms. The number of ether oxygens (including phenoxy) is 2. The molecule has 0 radical (unpaired) electrons. The molecule has 2 aliphatic heterocycles.